The summed E-state index contributed by atoms with van der Waals surface area (Å²) in [5.74, 6) is 0.906. The highest BCUT2D eigenvalue weighted by Gasteiger charge is 2.30. The van der Waals surface area contributed by atoms with Crippen LogP contribution in [0.3, 0.4) is 0 Å². The van der Waals surface area contributed by atoms with Gasteiger partial charge in [0, 0.05) is 81.1 Å². The van der Waals surface area contributed by atoms with E-state index in [0.29, 0.717) is 37.6 Å². The number of nitrogens with zero attached hydrogens (tertiary/aromatic N) is 6. The quantitative estimate of drug-likeness (QED) is 0.102. The summed E-state index contributed by atoms with van der Waals surface area (Å²) in [7, 11) is -6.89. The minimum absolute atomic E-state index is 0. The Morgan fingerprint density at radius 1 is 0.580 bits per heavy atom. The average molecular weight is 1130 g/mol. The normalized spacial score (nSPS) is 15.2. The van der Waals surface area contributed by atoms with Gasteiger partial charge in [0.25, 0.3) is 0 Å². The van der Waals surface area contributed by atoms with E-state index >= 15 is 0 Å². The maximum atomic E-state index is 12.9. The fraction of sp³-hybridized carbons (Fsp3) is 0.500. The van der Waals surface area contributed by atoms with Crippen molar-refractivity contribution in [3.8, 4) is 11.4 Å². The van der Waals surface area contributed by atoms with Crippen molar-refractivity contribution in [2.75, 3.05) is 61.5 Å². The molecule has 12 nitrogen and oxygen atoms in total. The fourth-order valence-corrected chi connectivity index (χ4v) is 14.5. The number of anilines is 2. The monoisotopic (exact) mass is 1130 g/mol. The van der Waals surface area contributed by atoms with E-state index in [2.05, 4.69) is 148 Å². The second-order valence-electron chi connectivity index (χ2n) is 19.1. The number of piperidine rings is 2. The van der Waals surface area contributed by atoms with Gasteiger partial charge < -0.3 is 37.8 Å². The zero-order valence-electron chi connectivity index (χ0n) is 41.9. The molecular weight excluding hydrogens is 1060 g/mol. The number of aromatic nitrogens is 4. The second-order valence-corrected chi connectivity index (χ2v) is 24.9. The number of halogens is 3. The number of fused-ring (bicyclic) bond motifs is 2. The van der Waals surface area contributed by atoms with E-state index in [1.54, 1.807) is 0 Å². The summed E-state index contributed by atoms with van der Waals surface area (Å²) in [5.41, 5.74) is 16.2. The zero-order valence-corrected chi connectivity index (χ0v) is 47.7. The summed E-state index contributed by atoms with van der Waals surface area (Å²) in [6.07, 6.45) is 10.5. The highest BCUT2D eigenvalue weighted by molar-refractivity contribution is 9.10. The third kappa shape index (κ3) is 13.0. The van der Waals surface area contributed by atoms with Crippen LogP contribution in [-0.4, -0.2) is 80.6 Å². The highest BCUT2D eigenvalue weighted by Crippen LogP contribution is 2.50. The summed E-state index contributed by atoms with van der Waals surface area (Å²) >= 11 is 7.23. The molecule has 4 aromatic heterocycles. The maximum absolute atomic E-state index is 12.9. The van der Waals surface area contributed by atoms with Crippen LogP contribution in [0.15, 0.2) is 57.7 Å². The van der Waals surface area contributed by atoms with Crippen LogP contribution >= 0.6 is 59.5 Å². The number of benzene rings is 2. The lowest BCUT2D eigenvalue weighted by Crippen LogP contribution is -2.34. The van der Waals surface area contributed by atoms with Crippen LogP contribution in [0.25, 0.3) is 33.4 Å². The molecule has 2 fully saturated rings. The predicted octanol–water partition coefficient (Wildman–Crippen LogP) is 14.1. The van der Waals surface area contributed by atoms with Gasteiger partial charge in [-0.05, 0) is 189 Å². The van der Waals surface area contributed by atoms with E-state index in [9.17, 15) is 18.9 Å². The van der Waals surface area contributed by atoms with Gasteiger partial charge in [0.15, 0.2) is 0 Å². The van der Waals surface area contributed by atoms with Crippen molar-refractivity contribution in [2.24, 2.45) is 11.8 Å². The van der Waals surface area contributed by atoms with Crippen molar-refractivity contribution in [2.45, 2.75) is 108 Å². The third-order valence-corrected chi connectivity index (χ3v) is 17.6. The topological polar surface area (TPSA) is 135 Å². The lowest BCUT2D eigenvalue weighted by Gasteiger charge is -2.34. The van der Waals surface area contributed by atoms with Crippen LogP contribution < -0.4 is 9.80 Å². The van der Waals surface area contributed by atoms with Crippen molar-refractivity contribution >= 4 is 92.9 Å². The van der Waals surface area contributed by atoms with Crippen LogP contribution in [-0.2, 0) is 18.2 Å². The Morgan fingerprint density at radius 3 is 1.26 bits per heavy atom. The molecule has 2 N–H and O–H groups in total. The van der Waals surface area contributed by atoms with Gasteiger partial charge in [-0.15, -0.1) is 12.4 Å². The summed E-state index contributed by atoms with van der Waals surface area (Å²) in [5, 5.41) is 2.42. The van der Waals surface area contributed by atoms with E-state index in [-0.39, 0.29) is 18.6 Å². The first kappa shape index (κ1) is 55.3. The van der Waals surface area contributed by atoms with E-state index in [1.807, 2.05) is 20.8 Å². The van der Waals surface area contributed by atoms with Gasteiger partial charge in [-0.25, -0.2) is 9.97 Å². The van der Waals surface area contributed by atoms with Crippen LogP contribution in [0.5, 0.6) is 0 Å². The first-order chi connectivity index (χ1) is 32.2. The Labute approximate surface area is 432 Å². The molecule has 69 heavy (non-hydrogen) atoms. The Hall–Kier alpha value is -3.03. The number of rotatable bonds is 14. The lowest BCUT2D eigenvalue weighted by atomic mass is 9.93. The smallest absolute Gasteiger partial charge is 0.330 e. The van der Waals surface area contributed by atoms with E-state index in [0.717, 1.165) is 89.9 Å². The zero-order chi connectivity index (χ0) is 49.2. The minimum Gasteiger partial charge on any atom is -0.371 e. The van der Waals surface area contributed by atoms with Crippen LogP contribution in [0.2, 0.25) is 0 Å². The Bertz CT molecular complexity index is 2830. The molecule has 0 radical (unpaired) electrons. The third-order valence-electron chi connectivity index (χ3n) is 13.7. The van der Waals surface area contributed by atoms with Gasteiger partial charge in [0.05, 0.1) is 36.9 Å². The van der Waals surface area contributed by atoms with E-state index in [1.165, 1.54) is 66.9 Å². The molecule has 0 amide bonds. The predicted molar refractivity (Wildman–Crippen MR) is 294 cm³/mol. The standard InChI is InChI=1S/C28H39BrN3O3P.C24H31BrN3O3P.ClH/c1-7-34-36(33,35-8-2)14-11-23-9-12-31(13-10-23)25-17-22(6)30-28-26(25)21(5)18-32(28)27-19(3)15-24(29)16-20(27)4;1-15-11-20(25)12-16(2)23(15)28-14-17(3)22-21(13-18(4)26-24(22)28)27-8-5-19(6-9-27)7-10-32(29,30)31;/h15-18,23H,7-14H2,1-6H3;11-14,19H,5-10H2,1-4H3,(H2,29,30,31);1H. The number of pyridine rings is 2. The molecule has 0 unspecified atom stereocenters. The molecule has 0 saturated carbocycles. The molecule has 0 spiro atoms. The van der Waals surface area contributed by atoms with Gasteiger partial charge in [0.1, 0.15) is 11.3 Å². The van der Waals surface area contributed by atoms with Gasteiger partial charge in [-0.3, -0.25) is 9.13 Å². The fourth-order valence-electron chi connectivity index (χ4n) is 10.6. The summed E-state index contributed by atoms with van der Waals surface area (Å²) in [6.45, 7) is 25.4. The lowest BCUT2D eigenvalue weighted by molar-refractivity contribution is 0.217. The number of aryl methyl sites for hydroxylation is 8. The summed E-state index contributed by atoms with van der Waals surface area (Å²) in [6, 6.07) is 13.0. The molecule has 2 aliphatic rings. The molecule has 6 heterocycles. The summed E-state index contributed by atoms with van der Waals surface area (Å²) in [4.78, 5) is 33.3. The largest absolute Gasteiger partial charge is 0.371 e. The van der Waals surface area contributed by atoms with Crippen molar-refractivity contribution in [3.63, 3.8) is 0 Å². The van der Waals surface area contributed by atoms with Crippen molar-refractivity contribution in [1.82, 2.24) is 19.1 Å². The van der Waals surface area contributed by atoms with E-state index < -0.39 is 15.2 Å². The molecule has 6 aromatic rings. The minimum atomic E-state index is -3.92. The Kier molecular flexibility index (Phi) is 18.6. The molecule has 0 aliphatic carbocycles. The molecule has 2 saturated heterocycles. The van der Waals surface area contributed by atoms with Gasteiger partial charge in [-0.1, -0.05) is 31.9 Å². The second kappa shape index (κ2) is 23.2. The van der Waals surface area contributed by atoms with Gasteiger partial charge in [-0.2, -0.15) is 0 Å². The molecule has 8 rings (SSSR count). The molecule has 0 bridgehead atoms. The molecule has 2 aliphatic heterocycles. The highest BCUT2D eigenvalue weighted by atomic mass is 79.9. The number of hydrogen-bond acceptors (Lipinski definition) is 8. The molecule has 0 atom stereocenters. The van der Waals surface area contributed by atoms with Crippen LogP contribution in [0, 0.1) is 67.2 Å². The van der Waals surface area contributed by atoms with Crippen LogP contribution in [0.1, 0.15) is 97.1 Å². The molecule has 2 aromatic carbocycles. The van der Waals surface area contributed by atoms with Crippen molar-refractivity contribution in [1.29, 1.82) is 0 Å². The number of hydrogen-bond donors (Lipinski definition) is 2. The summed E-state index contributed by atoms with van der Waals surface area (Å²) < 4.78 is 41.8. The van der Waals surface area contributed by atoms with Gasteiger partial charge >= 0.3 is 15.2 Å². The first-order valence-corrected chi connectivity index (χ1v) is 29.3. The SMILES string of the molecule is CCOP(=O)(CCC1CCN(c2cc(C)nc3c2c(C)cn3-c2c(C)cc(Br)cc2C)CC1)OCC.Cc1cc(N2CCC(CCP(=O)(O)O)CC2)c2c(C)cn(-c3c(C)cc(Br)cc3C)c2n1.Cl. The average Bonchev–Trinajstić information content (AvgIpc) is 3.76. The van der Waals surface area contributed by atoms with Crippen molar-refractivity contribution in [3.05, 3.63) is 103 Å². The molecule has 17 heteroatoms. The maximum Gasteiger partial charge on any atom is 0.330 e. The van der Waals surface area contributed by atoms with Crippen LogP contribution in [0.4, 0.5) is 11.4 Å². The van der Waals surface area contributed by atoms with Gasteiger partial charge in [0.2, 0.25) is 0 Å². The molecular formula is C52H71Br2ClN6O6P2. The molecule has 376 valence electrons. The van der Waals surface area contributed by atoms with E-state index in [4.69, 9.17) is 19.0 Å². The Morgan fingerprint density at radius 2 is 0.928 bits per heavy atom. The van der Waals surface area contributed by atoms with Crippen molar-refractivity contribution < 1.29 is 28.0 Å². The Balaban J connectivity index is 0.000000225. The first-order valence-electron chi connectivity index (χ1n) is 24.1.